The lowest BCUT2D eigenvalue weighted by Crippen LogP contribution is -2.60. The maximum absolute atomic E-state index is 13.1. The van der Waals surface area contributed by atoms with Crippen LogP contribution in [-0.4, -0.2) is 60.5 Å². The van der Waals surface area contributed by atoms with Gasteiger partial charge in [-0.1, -0.05) is 36.4 Å². The molecular formula is C26H24F3N3O5S. The summed E-state index contributed by atoms with van der Waals surface area (Å²) in [6, 6.07) is 17.2. The topological polar surface area (TPSA) is 101 Å². The molecule has 0 spiro atoms. The van der Waals surface area contributed by atoms with Gasteiger partial charge in [0.1, 0.15) is 5.75 Å². The second kappa shape index (κ2) is 9.61. The number of benzene rings is 3. The van der Waals surface area contributed by atoms with Gasteiger partial charge in [-0.25, -0.2) is 13.1 Å². The first kappa shape index (κ1) is 26.0. The van der Waals surface area contributed by atoms with E-state index in [0.29, 0.717) is 0 Å². The number of ether oxygens (including phenoxy) is 1. The number of halogens is 3. The summed E-state index contributed by atoms with van der Waals surface area (Å²) in [5, 5.41) is 13.4. The van der Waals surface area contributed by atoms with Crippen molar-refractivity contribution < 1.29 is 36.2 Å². The van der Waals surface area contributed by atoms with Gasteiger partial charge < -0.3 is 19.3 Å². The number of alkyl halides is 3. The molecule has 0 saturated carbocycles. The molecule has 2 N–H and O–H groups in total. The van der Waals surface area contributed by atoms with Crippen molar-refractivity contribution >= 4 is 37.7 Å². The largest absolute Gasteiger partial charge is 0.573 e. The smallest absolute Gasteiger partial charge is 0.406 e. The predicted molar refractivity (Wildman–Crippen MR) is 134 cm³/mol. The van der Waals surface area contributed by atoms with Gasteiger partial charge in [-0.3, -0.25) is 4.79 Å². The van der Waals surface area contributed by atoms with E-state index < -0.39 is 40.3 Å². The van der Waals surface area contributed by atoms with Crippen molar-refractivity contribution in [3.05, 3.63) is 72.8 Å². The number of nitrogens with zero attached hydrogens (tertiary/aromatic N) is 2. The lowest BCUT2D eigenvalue weighted by atomic mass is 9.97. The quantitative estimate of drug-likeness (QED) is 0.396. The van der Waals surface area contributed by atoms with Crippen LogP contribution in [0.15, 0.2) is 77.7 Å². The minimum absolute atomic E-state index is 0.0847. The molecule has 1 fully saturated rings. The van der Waals surface area contributed by atoms with Crippen molar-refractivity contribution in [2.45, 2.75) is 36.4 Å². The molecule has 3 atom stereocenters. The number of rotatable bonds is 5. The van der Waals surface area contributed by atoms with E-state index >= 15 is 0 Å². The zero-order chi connectivity index (χ0) is 27.2. The Morgan fingerprint density at radius 2 is 1.50 bits per heavy atom. The molecule has 0 aliphatic carbocycles. The summed E-state index contributed by atoms with van der Waals surface area (Å²) in [6.07, 6.45) is -6.14. The first-order valence-electron chi connectivity index (χ1n) is 11.7. The minimum Gasteiger partial charge on any atom is -0.406 e. The minimum atomic E-state index is -4.91. The van der Waals surface area contributed by atoms with Crippen molar-refractivity contribution in [1.29, 1.82) is 0 Å². The molecule has 1 aromatic heterocycles. The third kappa shape index (κ3) is 4.94. The van der Waals surface area contributed by atoms with E-state index in [4.69, 9.17) is 0 Å². The number of nitrogens with one attached hydrogen (secondary N) is 1. The zero-order valence-corrected chi connectivity index (χ0v) is 20.9. The molecule has 38 heavy (non-hydrogen) atoms. The molecular weight excluding hydrogens is 523 g/mol. The number of sulfonamides is 1. The Balaban J connectivity index is 1.50. The number of carbonyl (C=O) groups is 1. The van der Waals surface area contributed by atoms with Crippen LogP contribution >= 0.6 is 0 Å². The van der Waals surface area contributed by atoms with E-state index in [0.717, 1.165) is 46.1 Å². The number of aliphatic hydroxyl groups excluding tert-OH is 1. The lowest BCUT2D eigenvalue weighted by Gasteiger charge is -2.42. The molecule has 1 amide bonds. The average molecular weight is 548 g/mol. The third-order valence-electron chi connectivity index (χ3n) is 6.70. The summed E-state index contributed by atoms with van der Waals surface area (Å²) in [7, 11) is -4.27. The molecule has 5 rings (SSSR count). The second-order valence-electron chi connectivity index (χ2n) is 9.13. The molecule has 0 radical (unpaired) electrons. The molecule has 1 aliphatic rings. The molecule has 0 bridgehead atoms. The second-order valence-corrected chi connectivity index (χ2v) is 10.8. The molecule has 2 heterocycles. The average Bonchev–Trinajstić information content (AvgIpc) is 3.19. The molecule has 1 unspecified atom stereocenters. The number of carbonyl (C=O) groups excluding carboxylic acids is 1. The van der Waals surface area contributed by atoms with Crippen LogP contribution in [0.4, 0.5) is 13.2 Å². The Bertz CT molecular complexity index is 1550. The van der Waals surface area contributed by atoms with Gasteiger partial charge in [-0.05, 0) is 36.4 Å². The predicted octanol–water partition coefficient (Wildman–Crippen LogP) is 3.80. The summed E-state index contributed by atoms with van der Waals surface area (Å²) in [5.41, 5.74) is 1.65. The first-order chi connectivity index (χ1) is 17.9. The van der Waals surface area contributed by atoms with Gasteiger partial charge in [-0.2, -0.15) is 0 Å². The number of amides is 1. The van der Waals surface area contributed by atoms with Gasteiger partial charge in [0.05, 0.1) is 23.1 Å². The zero-order valence-electron chi connectivity index (χ0n) is 20.1. The molecule has 12 heteroatoms. The Kier molecular flexibility index (Phi) is 6.58. The SMILES string of the molecule is CC(=O)N1CC(NS(=O)(=O)c2ccc(OC(F)(F)F)cc2)[C@H](O)[C@@H](n2c3ccccc3c3ccccc32)C1. The fraction of sp³-hybridized carbons (Fsp3) is 0.269. The fourth-order valence-corrected chi connectivity index (χ4v) is 6.26. The van der Waals surface area contributed by atoms with Gasteiger partial charge in [0, 0.05) is 41.8 Å². The van der Waals surface area contributed by atoms with Crippen LogP contribution in [0.2, 0.25) is 0 Å². The van der Waals surface area contributed by atoms with Gasteiger partial charge in [-0.15, -0.1) is 13.2 Å². The fourth-order valence-electron chi connectivity index (χ4n) is 5.02. The van der Waals surface area contributed by atoms with Crippen LogP contribution in [0.5, 0.6) is 5.75 Å². The summed E-state index contributed by atoms with van der Waals surface area (Å²) in [6.45, 7) is 1.44. The standard InChI is InChI=1S/C26H24F3N3O5S/c1-16(33)31-14-21(30-38(35,36)18-12-10-17(11-13-18)37-26(27,28)29)25(34)24(15-31)32-22-8-4-2-6-19(22)20-7-3-5-9-23(20)32/h2-13,21,24-25,30,34H,14-15H2,1H3/t21?,24-,25-/m0/s1. The number of hydrogen-bond acceptors (Lipinski definition) is 5. The molecule has 200 valence electrons. The highest BCUT2D eigenvalue weighted by atomic mass is 32.2. The summed E-state index contributed by atoms with van der Waals surface area (Å²) in [4.78, 5) is 13.6. The van der Waals surface area contributed by atoms with E-state index in [9.17, 15) is 31.5 Å². The Morgan fingerprint density at radius 1 is 0.947 bits per heavy atom. The van der Waals surface area contributed by atoms with Crippen LogP contribution in [0, 0.1) is 0 Å². The Morgan fingerprint density at radius 3 is 2.03 bits per heavy atom. The molecule has 1 aliphatic heterocycles. The van der Waals surface area contributed by atoms with E-state index in [2.05, 4.69) is 9.46 Å². The van der Waals surface area contributed by atoms with Gasteiger partial charge in [0.2, 0.25) is 15.9 Å². The number of aliphatic hydroxyl groups is 1. The van der Waals surface area contributed by atoms with E-state index in [1.165, 1.54) is 11.8 Å². The number of hydrogen-bond donors (Lipinski definition) is 2. The Labute approximate surface area is 216 Å². The molecule has 8 nitrogen and oxygen atoms in total. The maximum Gasteiger partial charge on any atom is 0.573 e. The third-order valence-corrected chi connectivity index (χ3v) is 8.21. The number of fused-ring (bicyclic) bond motifs is 3. The summed E-state index contributed by atoms with van der Waals surface area (Å²) < 4.78 is 71.9. The first-order valence-corrected chi connectivity index (χ1v) is 13.2. The van der Waals surface area contributed by atoms with Crippen LogP contribution in [0.3, 0.4) is 0 Å². The normalized spacial score (nSPS) is 20.7. The van der Waals surface area contributed by atoms with Crippen LogP contribution in [0.25, 0.3) is 21.8 Å². The number of para-hydroxylation sites is 2. The van der Waals surface area contributed by atoms with Crippen molar-refractivity contribution in [2.24, 2.45) is 0 Å². The summed E-state index contributed by atoms with van der Waals surface area (Å²) in [5.74, 6) is -0.858. The van der Waals surface area contributed by atoms with E-state index in [-0.39, 0.29) is 23.9 Å². The molecule has 4 aromatic rings. The van der Waals surface area contributed by atoms with Crippen LogP contribution in [-0.2, 0) is 14.8 Å². The van der Waals surface area contributed by atoms with E-state index in [1.54, 1.807) is 0 Å². The van der Waals surface area contributed by atoms with Crippen LogP contribution < -0.4 is 9.46 Å². The Hall–Kier alpha value is -3.61. The highest BCUT2D eigenvalue weighted by molar-refractivity contribution is 7.89. The van der Waals surface area contributed by atoms with E-state index in [1.807, 2.05) is 53.1 Å². The monoisotopic (exact) mass is 547 g/mol. The highest BCUT2D eigenvalue weighted by Crippen LogP contribution is 2.35. The van der Waals surface area contributed by atoms with Crippen LogP contribution in [0.1, 0.15) is 13.0 Å². The molecule has 1 saturated heterocycles. The lowest BCUT2D eigenvalue weighted by molar-refractivity contribution is -0.274. The van der Waals surface area contributed by atoms with Crippen molar-refractivity contribution in [3.63, 3.8) is 0 Å². The van der Waals surface area contributed by atoms with Crippen molar-refractivity contribution in [2.75, 3.05) is 13.1 Å². The number of aromatic nitrogens is 1. The van der Waals surface area contributed by atoms with Crippen molar-refractivity contribution in [3.8, 4) is 5.75 Å². The summed E-state index contributed by atoms with van der Waals surface area (Å²) >= 11 is 0. The van der Waals surface area contributed by atoms with Gasteiger partial charge >= 0.3 is 6.36 Å². The van der Waals surface area contributed by atoms with Crippen molar-refractivity contribution in [1.82, 2.24) is 14.2 Å². The van der Waals surface area contributed by atoms with Gasteiger partial charge in [0.15, 0.2) is 0 Å². The van der Waals surface area contributed by atoms with Gasteiger partial charge in [0.25, 0.3) is 0 Å². The highest BCUT2D eigenvalue weighted by Gasteiger charge is 2.41. The number of likely N-dealkylation sites (tertiary alicyclic amines) is 1. The molecule has 3 aromatic carbocycles. The maximum atomic E-state index is 13.1. The number of piperidine rings is 1.